The van der Waals surface area contributed by atoms with Crippen molar-refractivity contribution in [2.24, 2.45) is 22.7 Å². The third-order valence-electron chi connectivity index (χ3n) is 14.5. The Kier molecular flexibility index (Phi) is 17.4. The first-order chi connectivity index (χ1) is 30.3. The van der Waals surface area contributed by atoms with E-state index in [2.05, 4.69) is 15.6 Å². The average molecular weight is 924 g/mol. The Balaban J connectivity index is 1.57. The van der Waals surface area contributed by atoms with Crippen LogP contribution in [0.4, 0.5) is 5.69 Å². The number of nitrogens with zero attached hydrogens (tertiary/aromatic N) is 3. The van der Waals surface area contributed by atoms with Gasteiger partial charge in [-0.3, -0.25) is 4.79 Å². The van der Waals surface area contributed by atoms with Gasteiger partial charge in [0.1, 0.15) is 29.0 Å². The van der Waals surface area contributed by atoms with Crippen molar-refractivity contribution in [2.45, 2.75) is 205 Å². The van der Waals surface area contributed by atoms with E-state index in [-0.39, 0.29) is 49.9 Å². The number of aromatic nitrogens is 1. The Bertz CT molecular complexity index is 1740. The van der Waals surface area contributed by atoms with Crippen LogP contribution in [0.2, 0.25) is 0 Å². The van der Waals surface area contributed by atoms with Crippen LogP contribution in [0.15, 0.2) is 23.3 Å². The molecule has 0 radical (unpaired) electrons. The minimum atomic E-state index is -1.83. The summed E-state index contributed by atoms with van der Waals surface area (Å²) < 4.78 is 51.1. The maximum absolute atomic E-state index is 14.6. The Morgan fingerprint density at radius 1 is 1.02 bits per heavy atom. The number of rotatable bonds is 11. The highest BCUT2D eigenvalue weighted by atomic mass is 16.7. The fourth-order valence-corrected chi connectivity index (χ4v) is 10.2. The van der Waals surface area contributed by atoms with Crippen LogP contribution >= 0.6 is 0 Å². The van der Waals surface area contributed by atoms with Crippen LogP contribution in [-0.4, -0.2) is 172 Å². The maximum atomic E-state index is 14.6. The average Bonchev–Trinajstić information content (AvgIpc) is 3.56. The highest BCUT2D eigenvalue weighted by Gasteiger charge is 2.59. The molecule has 0 saturated carbocycles. The highest BCUT2D eigenvalue weighted by molar-refractivity contribution is 5.79. The number of amidine groups is 1. The van der Waals surface area contributed by atoms with Crippen molar-refractivity contribution in [3.63, 3.8) is 0 Å². The standard InChI is InChI=1S/C47H81N5O13/c1-16-34-46(12,56)39(53)30(8)48-22-26(4)20-44(10,55)40(65-42-38-33(19-27(5)60-42)52(13)43(64-38)51-32-17-18-35(58-14)49-23-32)28(6)37(29(7)41(54)62-34)63-36-21-45(11,59-15)47(57,31(9)61-36)24-50-25(2)3/h17-18,23,25-31,33-34,36-40,42,48,50,53,55-57H,16,19-22,24H2,1-15H3/b51-43-/t26-,27-,28+,29-,30-,31+,33+,34-,36+,37+,38-,39-,40-,42+,44-,45-,46-,47+/m1/s1. The number of nitrogens with one attached hydrogen (secondary N) is 2. The molecular weight excluding hydrogens is 843 g/mol. The molecule has 4 saturated heterocycles. The Morgan fingerprint density at radius 3 is 2.31 bits per heavy atom. The topological polar surface area (TPSA) is 224 Å². The second kappa shape index (κ2) is 21.3. The van der Waals surface area contributed by atoms with Gasteiger partial charge in [0.15, 0.2) is 18.7 Å². The van der Waals surface area contributed by atoms with Gasteiger partial charge < -0.3 is 73.9 Å². The molecule has 18 atom stereocenters. The molecule has 1 aromatic rings. The summed E-state index contributed by atoms with van der Waals surface area (Å²) in [5, 5.41) is 55.0. The third-order valence-corrected chi connectivity index (χ3v) is 14.5. The molecule has 4 fully saturated rings. The number of hydrogen-bond acceptors (Lipinski definition) is 17. The fraction of sp³-hybridized carbons (Fsp3) is 0.851. The van der Waals surface area contributed by atoms with E-state index in [0.29, 0.717) is 30.6 Å². The lowest BCUT2D eigenvalue weighted by Gasteiger charge is -2.54. The Morgan fingerprint density at radius 2 is 1.71 bits per heavy atom. The lowest BCUT2D eigenvalue weighted by atomic mass is 9.75. The number of fused-ring (bicyclic) bond motifs is 1. The van der Waals surface area contributed by atoms with Gasteiger partial charge in [-0.25, -0.2) is 4.98 Å². The summed E-state index contributed by atoms with van der Waals surface area (Å²) in [6.45, 7) is 22.3. The third kappa shape index (κ3) is 11.6. The van der Waals surface area contributed by atoms with E-state index in [1.54, 1.807) is 60.1 Å². The number of esters is 1. The molecular formula is C47H81N5O13. The maximum Gasteiger partial charge on any atom is 0.311 e. The molecule has 5 rings (SSSR count). The van der Waals surface area contributed by atoms with Crippen LogP contribution < -0.4 is 15.4 Å². The highest BCUT2D eigenvalue weighted by Crippen LogP contribution is 2.44. The summed E-state index contributed by atoms with van der Waals surface area (Å²) in [5.74, 6) is -2.26. The molecule has 0 bridgehead atoms. The lowest BCUT2D eigenvalue weighted by molar-refractivity contribution is -0.335. The van der Waals surface area contributed by atoms with Crippen LogP contribution in [0.3, 0.4) is 0 Å². The summed E-state index contributed by atoms with van der Waals surface area (Å²) in [6.07, 6.45) is -5.60. The van der Waals surface area contributed by atoms with Crippen molar-refractivity contribution in [3.8, 4) is 5.88 Å². The van der Waals surface area contributed by atoms with Crippen LogP contribution in [-0.2, 0) is 38.0 Å². The van der Waals surface area contributed by atoms with Gasteiger partial charge in [0, 0.05) is 51.2 Å². The summed E-state index contributed by atoms with van der Waals surface area (Å²) in [6, 6.07) is 3.11. The minimum absolute atomic E-state index is 0.0782. The number of pyridine rings is 1. The quantitative estimate of drug-likeness (QED) is 0.175. The molecule has 18 nitrogen and oxygen atoms in total. The number of carbonyl (C=O) groups excluding carboxylic acids is 1. The Labute approximate surface area is 386 Å². The SMILES string of the molecule is CC[C@H]1OC(=O)[C@H](C)[C@@H](O[C@H]2C[C@@](C)(OC)[C@](O)(CNC(C)C)[C@H](C)O2)[C@H](C)[C@@H](O[C@@H]2O[C@H](C)C[C@H]3[C@H]2O/C(=N\c2ccc(OC)nc2)N3C)[C@](C)(O)C[C@@H](C)CN[C@H](C)[C@@H](O)[C@]1(C)O. The smallest absolute Gasteiger partial charge is 0.311 e. The monoisotopic (exact) mass is 924 g/mol. The van der Waals surface area contributed by atoms with Gasteiger partial charge >= 0.3 is 5.97 Å². The largest absolute Gasteiger partial charge is 0.481 e. The molecule has 0 amide bonds. The number of ether oxygens (including phenoxy) is 8. The molecule has 4 aliphatic rings. The van der Waals surface area contributed by atoms with Crippen molar-refractivity contribution in [1.82, 2.24) is 20.5 Å². The molecule has 0 unspecified atom stereocenters. The first-order valence-corrected chi connectivity index (χ1v) is 23.5. The summed E-state index contributed by atoms with van der Waals surface area (Å²) >= 11 is 0. The van der Waals surface area contributed by atoms with E-state index in [9.17, 15) is 25.2 Å². The number of hydrogen-bond donors (Lipinski definition) is 6. The van der Waals surface area contributed by atoms with Crippen LogP contribution in [0.25, 0.3) is 0 Å². The number of aliphatic hydroxyl groups excluding tert-OH is 1. The molecule has 65 heavy (non-hydrogen) atoms. The van der Waals surface area contributed by atoms with E-state index in [1.165, 1.54) is 14.0 Å². The van der Waals surface area contributed by atoms with Gasteiger partial charge in [0.05, 0.1) is 61.0 Å². The first kappa shape index (κ1) is 53.2. The van der Waals surface area contributed by atoms with E-state index >= 15 is 0 Å². The molecule has 0 aromatic carbocycles. The minimum Gasteiger partial charge on any atom is -0.481 e. The molecule has 6 N–H and O–H groups in total. The zero-order chi connectivity index (χ0) is 48.4. The van der Waals surface area contributed by atoms with Crippen LogP contribution in [0.5, 0.6) is 5.88 Å². The van der Waals surface area contributed by atoms with Crippen LogP contribution in [0, 0.1) is 17.8 Å². The van der Waals surface area contributed by atoms with E-state index in [4.69, 9.17) is 42.9 Å². The number of carbonyl (C=O) groups is 1. The number of aliphatic imine (C=N–C) groups is 1. The molecule has 0 spiro atoms. The van der Waals surface area contributed by atoms with E-state index < -0.39 is 95.5 Å². The molecule has 5 heterocycles. The number of cyclic esters (lactones) is 1. The lowest BCUT2D eigenvalue weighted by Crippen LogP contribution is -2.70. The summed E-state index contributed by atoms with van der Waals surface area (Å²) in [7, 11) is 4.99. The number of methoxy groups -OCH3 is 2. The normalized spacial score (nSPS) is 44.2. The van der Waals surface area contributed by atoms with Crippen molar-refractivity contribution < 1.29 is 63.1 Å². The van der Waals surface area contributed by atoms with Crippen molar-refractivity contribution >= 4 is 17.7 Å². The predicted molar refractivity (Wildman–Crippen MR) is 242 cm³/mol. The number of likely N-dealkylation sites (N-methyl/N-ethyl adjacent to an activating group) is 1. The first-order valence-electron chi connectivity index (χ1n) is 23.5. The molecule has 1 aromatic heterocycles. The van der Waals surface area contributed by atoms with Crippen molar-refractivity contribution in [1.29, 1.82) is 0 Å². The van der Waals surface area contributed by atoms with Gasteiger partial charge in [-0.05, 0) is 86.3 Å². The Hall–Kier alpha value is -2.75. The van der Waals surface area contributed by atoms with Gasteiger partial charge in [-0.1, -0.05) is 34.6 Å². The molecule has 372 valence electrons. The summed E-state index contributed by atoms with van der Waals surface area (Å²) in [4.78, 5) is 25.6. The van der Waals surface area contributed by atoms with E-state index in [1.807, 2.05) is 53.5 Å². The number of aliphatic hydroxyl groups is 4. The van der Waals surface area contributed by atoms with Gasteiger partial charge in [0.25, 0.3) is 6.02 Å². The summed E-state index contributed by atoms with van der Waals surface area (Å²) in [5.41, 5.74) is -5.49. The van der Waals surface area contributed by atoms with Crippen LogP contribution in [0.1, 0.15) is 109 Å². The second-order valence-corrected chi connectivity index (χ2v) is 20.2. The van der Waals surface area contributed by atoms with E-state index in [0.717, 1.165) is 0 Å². The molecule has 18 heteroatoms. The molecule has 4 aliphatic heterocycles. The second-order valence-electron chi connectivity index (χ2n) is 20.2. The zero-order valence-electron chi connectivity index (χ0n) is 41.4. The predicted octanol–water partition coefficient (Wildman–Crippen LogP) is 3.43. The molecule has 0 aliphatic carbocycles. The zero-order valence-corrected chi connectivity index (χ0v) is 41.4. The van der Waals surface area contributed by atoms with Gasteiger partial charge in [-0.2, -0.15) is 4.99 Å². The van der Waals surface area contributed by atoms with Crippen molar-refractivity contribution in [3.05, 3.63) is 18.3 Å². The fourth-order valence-electron chi connectivity index (χ4n) is 10.2. The van der Waals surface area contributed by atoms with Gasteiger partial charge in [-0.15, -0.1) is 0 Å². The van der Waals surface area contributed by atoms with Crippen molar-refractivity contribution in [2.75, 3.05) is 34.4 Å². The van der Waals surface area contributed by atoms with Gasteiger partial charge in [0.2, 0.25) is 5.88 Å².